The molecule has 0 amide bonds. The number of likely N-dealkylation sites (tertiary alicyclic amines) is 1. The second kappa shape index (κ2) is 12.0. The van der Waals surface area contributed by atoms with Crippen molar-refractivity contribution in [2.24, 2.45) is 0 Å². The second-order valence-corrected chi connectivity index (χ2v) is 10.4. The highest BCUT2D eigenvalue weighted by Gasteiger charge is 2.22. The van der Waals surface area contributed by atoms with Crippen LogP contribution in [0.25, 0.3) is 10.9 Å². The molecule has 2 aliphatic rings. The zero-order valence-corrected chi connectivity index (χ0v) is 22.3. The number of hydrogen-bond acceptors (Lipinski definition) is 9. The summed E-state index contributed by atoms with van der Waals surface area (Å²) in [6.45, 7) is 7.84. The Morgan fingerprint density at radius 1 is 1.03 bits per heavy atom. The molecule has 0 aliphatic carbocycles. The normalized spacial score (nSPS) is 16.8. The first kappa shape index (κ1) is 24.9. The Hall–Kier alpha value is -2.76. The maximum atomic E-state index is 6.14. The minimum Gasteiger partial charge on any atom is -0.493 e. The lowest BCUT2D eigenvalue weighted by Crippen LogP contribution is -2.51. The van der Waals surface area contributed by atoms with Crippen LogP contribution in [0, 0.1) is 0 Å². The van der Waals surface area contributed by atoms with Gasteiger partial charge >= 0.3 is 0 Å². The average Bonchev–Trinajstić information content (AvgIpc) is 3.45. The van der Waals surface area contributed by atoms with Crippen LogP contribution in [0.3, 0.4) is 0 Å². The Balaban J connectivity index is 1.22. The van der Waals surface area contributed by atoms with E-state index in [4.69, 9.17) is 21.7 Å². The molecule has 2 saturated heterocycles. The molecule has 0 atom stereocenters. The Kier molecular flexibility index (Phi) is 8.29. The summed E-state index contributed by atoms with van der Waals surface area (Å²) in [4.78, 5) is 20.4. The third kappa shape index (κ3) is 5.96. The van der Waals surface area contributed by atoms with Gasteiger partial charge in [0, 0.05) is 55.8 Å². The molecule has 2 aliphatic heterocycles. The maximum absolute atomic E-state index is 6.14. The first-order valence-corrected chi connectivity index (χ1v) is 13.8. The van der Waals surface area contributed by atoms with E-state index in [2.05, 4.69) is 35.0 Å². The van der Waals surface area contributed by atoms with E-state index in [-0.39, 0.29) is 0 Å². The SMILES string of the molecule is COc1cc2c(N3CCN(C(=S)NCc4nccs4)CC3)ncnc2cc1OCCN1CCCCC1. The van der Waals surface area contributed by atoms with Gasteiger partial charge in [-0.1, -0.05) is 6.42 Å². The van der Waals surface area contributed by atoms with Crippen LogP contribution in [0.4, 0.5) is 5.82 Å². The fraction of sp³-hybridized carbons (Fsp3) is 0.520. The van der Waals surface area contributed by atoms with Crippen LogP contribution in [-0.4, -0.2) is 89.4 Å². The van der Waals surface area contributed by atoms with E-state index in [9.17, 15) is 0 Å². The molecule has 5 rings (SSSR count). The van der Waals surface area contributed by atoms with Gasteiger partial charge in [0.1, 0.15) is 23.8 Å². The molecule has 2 fully saturated rings. The van der Waals surface area contributed by atoms with Gasteiger partial charge < -0.3 is 24.6 Å². The van der Waals surface area contributed by atoms with Crippen molar-refractivity contribution in [3.8, 4) is 11.5 Å². The van der Waals surface area contributed by atoms with Crippen molar-refractivity contribution in [3.63, 3.8) is 0 Å². The van der Waals surface area contributed by atoms with Crippen molar-refractivity contribution < 1.29 is 9.47 Å². The highest BCUT2D eigenvalue weighted by molar-refractivity contribution is 7.80. The first-order chi connectivity index (χ1) is 17.7. The quantitative estimate of drug-likeness (QED) is 0.441. The van der Waals surface area contributed by atoms with Gasteiger partial charge in [-0.2, -0.15) is 0 Å². The van der Waals surface area contributed by atoms with Gasteiger partial charge in [0.25, 0.3) is 0 Å². The molecule has 0 saturated carbocycles. The largest absolute Gasteiger partial charge is 0.493 e. The number of hydrogen-bond donors (Lipinski definition) is 1. The number of fused-ring (bicyclic) bond motifs is 1. The Morgan fingerprint density at radius 3 is 2.61 bits per heavy atom. The number of ether oxygens (including phenoxy) is 2. The topological polar surface area (TPSA) is 78.9 Å². The number of piperazine rings is 1. The molecular formula is C25H33N7O2S2. The summed E-state index contributed by atoms with van der Waals surface area (Å²) in [6, 6.07) is 3.98. The minimum absolute atomic E-state index is 0.637. The zero-order valence-electron chi connectivity index (χ0n) is 20.7. The van der Waals surface area contributed by atoms with E-state index in [1.165, 1.54) is 19.3 Å². The molecule has 0 spiro atoms. The zero-order chi connectivity index (χ0) is 24.7. The van der Waals surface area contributed by atoms with E-state index in [0.29, 0.717) is 18.9 Å². The summed E-state index contributed by atoms with van der Waals surface area (Å²) in [7, 11) is 1.68. The molecule has 1 N–H and O–H groups in total. The molecule has 1 aromatic carbocycles. The Bertz CT molecular complexity index is 1150. The Labute approximate surface area is 221 Å². The maximum Gasteiger partial charge on any atom is 0.169 e. The van der Waals surface area contributed by atoms with Crippen LogP contribution >= 0.6 is 23.6 Å². The predicted octanol–water partition coefficient (Wildman–Crippen LogP) is 3.16. The number of rotatable bonds is 8. The molecule has 3 aromatic rings. The second-order valence-electron chi connectivity index (χ2n) is 9.03. The van der Waals surface area contributed by atoms with Gasteiger partial charge in [0.2, 0.25) is 0 Å². The average molecular weight is 528 g/mol. The van der Waals surface area contributed by atoms with Crippen LogP contribution in [0.15, 0.2) is 30.0 Å². The molecule has 4 heterocycles. The molecule has 36 heavy (non-hydrogen) atoms. The van der Waals surface area contributed by atoms with Crippen molar-refractivity contribution in [3.05, 3.63) is 35.0 Å². The third-order valence-corrected chi connectivity index (χ3v) is 7.94. The van der Waals surface area contributed by atoms with Crippen LogP contribution in [-0.2, 0) is 6.54 Å². The van der Waals surface area contributed by atoms with E-state index in [1.54, 1.807) is 24.8 Å². The highest BCUT2D eigenvalue weighted by atomic mass is 32.1. The molecule has 11 heteroatoms. The predicted molar refractivity (Wildman–Crippen MR) is 147 cm³/mol. The number of aromatic nitrogens is 3. The molecule has 0 unspecified atom stereocenters. The fourth-order valence-electron chi connectivity index (χ4n) is 4.77. The van der Waals surface area contributed by atoms with Crippen molar-refractivity contribution in [2.45, 2.75) is 25.8 Å². The van der Waals surface area contributed by atoms with E-state index >= 15 is 0 Å². The smallest absolute Gasteiger partial charge is 0.169 e. The van der Waals surface area contributed by atoms with Crippen LogP contribution in [0.2, 0.25) is 0 Å². The number of anilines is 1. The Morgan fingerprint density at radius 2 is 1.86 bits per heavy atom. The molecule has 0 bridgehead atoms. The van der Waals surface area contributed by atoms with Crippen LogP contribution in [0.1, 0.15) is 24.3 Å². The van der Waals surface area contributed by atoms with Crippen LogP contribution in [0.5, 0.6) is 11.5 Å². The minimum atomic E-state index is 0.637. The van der Waals surface area contributed by atoms with E-state index in [0.717, 1.165) is 78.4 Å². The summed E-state index contributed by atoms with van der Waals surface area (Å²) in [5, 5.41) is 8.07. The van der Waals surface area contributed by atoms with Gasteiger partial charge in [-0.25, -0.2) is 15.0 Å². The summed E-state index contributed by atoms with van der Waals surface area (Å²) in [6.07, 6.45) is 7.34. The monoisotopic (exact) mass is 527 g/mol. The summed E-state index contributed by atoms with van der Waals surface area (Å²) < 4.78 is 11.8. The number of nitrogens with zero attached hydrogens (tertiary/aromatic N) is 6. The van der Waals surface area contributed by atoms with Gasteiger partial charge in [0.15, 0.2) is 16.6 Å². The standard InChI is InChI=1S/C25H33N7O2S2/c1-33-21-15-19-20(16-22(21)34-13-12-30-6-3-2-4-7-30)28-18-29-24(19)31-8-10-32(11-9-31)25(35)27-17-23-26-5-14-36-23/h5,14-16,18H,2-4,6-13,17H2,1H3,(H,27,35). The lowest BCUT2D eigenvalue weighted by atomic mass is 10.1. The van der Waals surface area contributed by atoms with Crippen molar-refractivity contribution in [2.75, 3.05) is 64.4 Å². The molecular weight excluding hydrogens is 494 g/mol. The molecule has 0 radical (unpaired) electrons. The van der Waals surface area contributed by atoms with Gasteiger partial charge in [0.05, 0.1) is 19.2 Å². The van der Waals surface area contributed by atoms with E-state index < -0.39 is 0 Å². The van der Waals surface area contributed by atoms with Gasteiger partial charge in [-0.05, 0) is 44.2 Å². The van der Waals surface area contributed by atoms with Crippen LogP contribution < -0.4 is 19.7 Å². The number of benzene rings is 1. The summed E-state index contributed by atoms with van der Waals surface area (Å²) >= 11 is 7.25. The lowest BCUT2D eigenvalue weighted by molar-refractivity contribution is 0.181. The van der Waals surface area contributed by atoms with Crippen molar-refractivity contribution in [1.29, 1.82) is 0 Å². The van der Waals surface area contributed by atoms with Gasteiger partial charge in [-0.3, -0.25) is 4.90 Å². The highest BCUT2D eigenvalue weighted by Crippen LogP contribution is 2.35. The number of thiazole rings is 1. The van der Waals surface area contributed by atoms with Crippen molar-refractivity contribution >= 4 is 45.4 Å². The molecule has 9 nitrogen and oxygen atoms in total. The lowest BCUT2D eigenvalue weighted by Gasteiger charge is -2.37. The summed E-state index contributed by atoms with van der Waals surface area (Å²) in [5.74, 6) is 2.36. The third-order valence-electron chi connectivity index (χ3n) is 6.75. The van der Waals surface area contributed by atoms with Crippen molar-refractivity contribution in [1.82, 2.24) is 30.1 Å². The number of thiocarbonyl (C=S) groups is 1. The van der Waals surface area contributed by atoms with E-state index in [1.807, 2.05) is 23.7 Å². The number of piperidine rings is 1. The fourth-order valence-corrected chi connectivity index (χ4v) is 5.58. The number of nitrogens with one attached hydrogen (secondary N) is 1. The first-order valence-electron chi connectivity index (χ1n) is 12.6. The molecule has 2 aromatic heterocycles. The summed E-state index contributed by atoms with van der Waals surface area (Å²) in [5.41, 5.74) is 0.858. The van der Waals surface area contributed by atoms with Gasteiger partial charge in [-0.15, -0.1) is 11.3 Å². The number of methoxy groups -OCH3 is 1. The molecule has 192 valence electrons.